The molecule has 0 aromatic heterocycles. The van der Waals surface area contributed by atoms with Gasteiger partial charge >= 0.3 is 0 Å². The highest BCUT2D eigenvalue weighted by molar-refractivity contribution is 5.76. The van der Waals surface area contributed by atoms with E-state index >= 15 is 0 Å². The van der Waals surface area contributed by atoms with Crippen molar-refractivity contribution in [3.63, 3.8) is 0 Å². The molecule has 0 unspecified atom stereocenters. The van der Waals surface area contributed by atoms with Gasteiger partial charge in [-0.25, -0.2) is 0 Å². The van der Waals surface area contributed by atoms with E-state index in [4.69, 9.17) is 5.26 Å². The summed E-state index contributed by atoms with van der Waals surface area (Å²) < 4.78 is 0. The number of rotatable bonds is 9. The van der Waals surface area contributed by atoms with Crippen LogP contribution in [-0.4, -0.2) is 0 Å². The molecule has 0 fully saturated rings. The molecule has 0 aliphatic rings. The van der Waals surface area contributed by atoms with Gasteiger partial charge in [-0.1, -0.05) is 125 Å². The Labute approximate surface area is 388 Å². The van der Waals surface area contributed by atoms with Crippen molar-refractivity contribution >= 4 is 17.1 Å². The number of nitrogens with zero attached hydrogens (tertiary/aromatic N) is 2. The van der Waals surface area contributed by atoms with Crippen LogP contribution in [0.25, 0.3) is 0 Å². The molecule has 65 heavy (non-hydrogen) atoms. The highest BCUT2D eigenvalue weighted by atomic mass is 15.1. The normalized spacial score (nSPS) is 10.2. The van der Waals surface area contributed by atoms with Gasteiger partial charge in [0.05, 0.1) is 11.6 Å². The lowest BCUT2D eigenvalue weighted by Crippen LogP contribution is -2.09. The van der Waals surface area contributed by atoms with Crippen LogP contribution in [0.2, 0.25) is 0 Å². The molecule has 0 N–H and O–H groups in total. The molecule has 0 bridgehead atoms. The van der Waals surface area contributed by atoms with Crippen LogP contribution in [0.5, 0.6) is 0 Å². The Bertz CT molecular complexity index is 3060. The summed E-state index contributed by atoms with van der Waals surface area (Å²) in [5, 5.41) is 9.15. The summed E-state index contributed by atoms with van der Waals surface area (Å²) in [6, 6.07) is 52.5. The minimum atomic E-state index is 0.635. The molecule has 0 aliphatic heterocycles. The van der Waals surface area contributed by atoms with Gasteiger partial charge in [0.2, 0.25) is 0 Å². The second-order valence-corrected chi connectivity index (χ2v) is 15.9. The van der Waals surface area contributed by atoms with E-state index in [1.54, 1.807) is 0 Å². The highest BCUT2D eigenvalue weighted by Crippen LogP contribution is 2.34. The Balaban J connectivity index is 1.14. The van der Waals surface area contributed by atoms with E-state index in [0.29, 0.717) is 5.56 Å². The SMILES string of the molecule is CCc1cc(C#Cc2cc(CC)c(C#Cc3cc(CC)c(C#Cc4ccc(N(c5ccccc5)c5ccccc5)cc4)cc3CC)cc2CC)c(CC)cc1C#Cc1ccc(C#N)cc1. The van der Waals surface area contributed by atoms with Crippen molar-refractivity contribution in [2.24, 2.45) is 0 Å². The van der Waals surface area contributed by atoms with Crippen molar-refractivity contribution in [1.82, 2.24) is 0 Å². The fourth-order valence-corrected chi connectivity index (χ4v) is 7.99. The van der Waals surface area contributed by atoms with Crippen LogP contribution in [0.1, 0.15) is 125 Å². The van der Waals surface area contributed by atoms with Gasteiger partial charge in [-0.3, -0.25) is 0 Å². The molecule has 0 heterocycles. The van der Waals surface area contributed by atoms with Gasteiger partial charge in [0, 0.05) is 61.6 Å². The van der Waals surface area contributed by atoms with Gasteiger partial charge in [-0.2, -0.15) is 5.26 Å². The first-order valence-corrected chi connectivity index (χ1v) is 22.9. The smallest absolute Gasteiger partial charge is 0.0991 e. The number of hydrogen-bond acceptors (Lipinski definition) is 2. The van der Waals surface area contributed by atoms with Crippen LogP contribution in [-0.2, 0) is 38.5 Å². The van der Waals surface area contributed by atoms with Crippen molar-refractivity contribution in [3.8, 4) is 53.4 Å². The Hall–Kier alpha value is -7.93. The zero-order valence-corrected chi connectivity index (χ0v) is 38.5. The molecule has 316 valence electrons. The molecular formula is C63H54N2. The maximum Gasteiger partial charge on any atom is 0.0991 e. The van der Waals surface area contributed by atoms with Crippen molar-refractivity contribution in [2.75, 3.05) is 4.90 Å². The van der Waals surface area contributed by atoms with E-state index in [0.717, 1.165) is 100 Å². The quantitative estimate of drug-likeness (QED) is 0.135. The first-order chi connectivity index (χ1) is 31.9. The van der Waals surface area contributed by atoms with E-state index in [1.165, 1.54) is 33.4 Å². The molecule has 2 heteroatoms. The topological polar surface area (TPSA) is 27.0 Å². The number of nitriles is 1. The lowest BCUT2D eigenvalue weighted by atomic mass is 9.93. The Kier molecular flexibility index (Phi) is 15.2. The minimum Gasteiger partial charge on any atom is -0.311 e. The van der Waals surface area contributed by atoms with Crippen molar-refractivity contribution in [3.05, 3.63) is 229 Å². The van der Waals surface area contributed by atoms with Gasteiger partial charge in [-0.15, -0.1) is 0 Å². The summed E-state index contributed by atoms with van der Waals surface area (Å²) in [4.78, 5) is 2.26. The molecule has 0 saturated carbocycles. The third-order valence-electron chi connectivity index (χ3n) is 11.8. The maximum atomic E-state index is 9.15. The summed E-state index contributed by atoms with van der Waals surface area (Å²) >= 11 is 0. The fourth-order valence-electron chi connectivity index (χ4n) is 7.99. The van der Waals surface area contributed by atoms with E-state index in [9.17, 15) is 0 Å². The summed E-state index contributed by atoms with van der Waals surface area (Å²) in [5.41, 5.74) is 19.3. The Morgan fingerprint density at radius 1 is 0.308 bits per heavy atom. The largest absolute Gasteiger partial charge is 0.311 e. The van der Waals surface area contributed by atoms with Gasteiger partial charge in [0.15, 0.2) is 0 Å². The van der Waals surface area contributed by atoms with E-state index in [-0.39, 0.29) is 0 Å². The highest BCUT2D eigenvalue weighted by Gasteiger charge is 2.13. The lowest BCUT2D eigenvalue weighted by Gasteiger charge is -2.25. The van der Waals surface area contributed by atoms with Gasteiger partial charge in [-0.05, 0) is 181 Å². The molecule has 0 amide bonds. The van der Waals surface area contributed by atoms with E-state index < -0.39 is 0 Å². The van der Waals surface area contributed by atoms with Crippen LogP contribution in [0.15, 0.2) is 146 Å². The fraction of sp³-hybridized carbons (Fsp3) is 0.190. The predicted octanol–water partition coefficient (Wildman–Crippen LogP) is 14.0. The molecule has 7 rings (SSSR count). The summed E-state index contributed by atoms with van der Waals surface area (Å²) in [6.07, 6.45) is 5.18. The summed E-state index contributed by atoms with van der Waals surface area (Å²) in [7, 11) is 0. The molecule has 0 aliphatic carbocycles. The number of aryl methyl sites for hydroxylation is 6. The molecule has 2 nitrogen and oxygen atoms in total. The monoisotopic (exact) mass is 838 g/mol. The zero-order chi connectivity index (χ0) is 45.5. The van der Waals surface area contributed by atoms with Crippen LogP contribution >= 0.6 is 0 Å². The average molecular weight is 839 g/mol. The standard InChI is InChI=1S/C63H54N2/c1-7-49-41-57(51(9-3)39-55(49)31-27-46-23-25-48(45-64)26-24-46)33-35-59-43-54(12-6)60(44-53(59)11-5)36-34-58-42-50(8-2)56(40-52(58)10-4)32-28-47-29-37-63(38-30-47)65(61-19-15-13-16-20-61)62-21-17-14-18-22-62/h13-26,29-30,37-44H,7-12H2,1-6H3. The molecular weight excluding hydrogens is 785 g/mol. The number of anilines is 3. The third kappa shape index (κ3) is 11.0. The first-order valence-electron chi connectivity index (χ1n) is 22.9. The molecule has 7 aromatic carbocycles. The molecule has 0 radical (unpaired) electrons. The number of hydrogen-bond donors (Lipinski definition) is 0. The predicted molar refractivity (Wildman–Crippen MR) is 272 cm³/mol. The molecule has 0 atom stereocenters. The van der Waals surface area contributed by atoms with Gasteiger partial charge < -0.3 is 4.90 Å². The molecule has 7 aromatic rings. The first kappa shape index (κ1) is 45.1. The Morgan fingerprint density at radius 3 is 0.831 bits per heavy atom. The van der Waals surface area contributed by atoms with Crippen LogP contribution in [0.4, 0.5) is 17.1 Å². The van der Waals surface area contributed by atoms with Crippen LogP contribution in [0, 0.1) is 58.7 Å². The van der Waals surface area contributed by atoms with Crippen molar-refractivity contribution in [2.45, 2.75) is 80.1 Å². The molecule has 0 saturated heterocycles. The van der Waals surface area contributed by atoms with Gasteiger partial charge in [0.25, 0.3) is 0 Å². The number of benzene rings is 7. The van der Waals surface area contributed by atoms with Crippen LogP contribution < -0.4 is 4.90 Å². The summed E-state index contributed by atoms with van der Waals surface area (Å²) in [6.45, 7) is 13.1. The minimum absolute atomic E-state index is 0.635. The second-order valence-electron chi connectivity index (χ2n) is 15.9. The lowest BCUT2D eigenvalue weighted by molar-refractivity contribution is 1.08. The van der Waals surface area contributed by atoms with E-state index in [1.807, 2.05) is 36.4 Å². The maximum absolute atomic E-state index is 9.15. The average Bonchev–Trinajstić information content (AvgIpc) is 3.37. The van der Waals surface area contributed by atoms with Crippen molar-refractivity contribution in [1.29, 1.82) is 5.26 Å². The third-order valence-corrected chi connectivity index (χ3v) is 11.8. The zero-order valence-electron chi connectivity index (χ0n) is 38.5. The van der Waals surface area contributed by atoms with E-state index in [2.05, 4.69) is 209 Å². The van der Waals surface area contributed by atoms with Crippen LogP contribution in [0.3, 0.4) is 0 Å². The summed E-state index contributed by atoms with van der Waals surface area (Å²) in [5.74, 6) is 28.0. The molecule has 0 spiro atoms. The number of para-hydroxylation sites is 2. The second kappa shape index (κ2) is 21.9. The van der Waals surface area contributed by atoms with Gasteiger partial charge in [0.1, 0.15) is 0 Å². The Morgan fingerprint density at radius 2 is 0.554 bits per heavy atom. The van der Waals surface area contributed by atoms with Crippen molar-refractivity contribution < 1.29 is 0 Å².